The second-order valence-electron chi connectivity index (χ2n) is 5.75. The molecule has 21 heavy (non-hydrogen) atoms. The zero-order valence-corrected chi connectivity index (χ0v) is 12.0. The first-order chi connectivity index (χ1) is 10.1. The standard InChI is InChI=1S/C16H19N3O2/c1-12-8-18(10-15(12)16(20)21)9-13-2-4-14(5-3-13)19-7-6-17-11-19/h2-7,11-12,15H,8-10H2,1H3,(H,20,21). The van der Waals surface area contributed by atoms with Gasteiger partial charge in [-0.2, -0.15) is 0 Å². The molecule has 2 aromatic rings. The van der Waals surface area contributed by atoms with Crippen molar-refractivity contribution < 1.29 is 9.90 Å². The van der Waals surface area contributed by atoms with E-state index in [4.69, 9.17) is 0 Å². The summed E-state index contributed by atoms with van der Waals surface area (Å²) >= 11 is 0. The van der Waals surface area contributed by atoms with Gasteiger partial charge in [0.2, 0.25) is 0 Å². The molecule has 0 saturated carbocycles. The highest BCUT2D eigenvalue weighted by atomic mass is 16.4. The minimum atomic E-state index is -0.680. The Labute approximate surface area is 123 Å². The average molecular weight is 285 g/mol. The molecule has 5 heteroatoms. The maximum Gasteiger partial charge on any atom is 0.308 e. The second kappa shape index (κ2) is 5.69. The monoisotopic (exact) mass is 285 g/mol. The van der Waals surface area contributed by atoms with Crippen molar-refractivity contribution in [2.75, 3.05) is 13.1 Å². The van der Waals surface area contributed by atoms with Gasteiger partial charge in [0.25, 0.3) is 0 Å². The summed E-state index contributed by atoms with van der Waals surface area (Å²) in [6, 6.07) is 8.30. The quantitative estimate of drug-likeness (QED) is 0.933. The van der Waals surface area contributed by atoms with Crippen LogP contribution in [0.1, 0.15) is 12.5 Å². The van der Waals surface area contributed by atoms with Crippen LogP contribution in [0.4, 0.5) is 0 Å². The van der Waals surface area contributed by atoms with Gasteiger partial charge >= 0.3 is 5.97 Å². The largest absolute Gasteiger partial charge is 0.481 e. The number of likely N-dealkylation sites (tertiary alicyclic amines) is 1. The third kappa shape index (κ3) is 2.97. The van der Waals surface area contributed by atoms with Crippen LogP contribution in [0.5, 0.6) is 0 Å². The fourth-order valence-corrected chi connectivity index (χ4v) is 2.96. The first-order valence-corrected chi connectivity index (χ1v) is 7.16. The number of aliphatic carboxylic acids is 1. The van der Waals surface area contributed by atoms with Crippen LogP contribution in [0, 0.1) is 11.8 Å². The van der Waals surface area contributed by atoms with Gasteiger partial charge < -0.3 is 9.67 Å². The summed E-state index contributed by atoms with van der Waals surface area (Å²) < 4.78 is 1.96. The summed E-state index contributed by atoms with van der Waals surface area (Å²) in [5.74, 6) is -0.705. The lowest BCUT2D eigenvalue weighted by atomic mass is 9.99. The van der Waals surface area contributed by atoms with Crippen LogP contribution in [0.2, 0.25) is 0 Å². The Morgan fingerprint density at radius 1 is 1.33 bits per heavy atom. The predicted molar refractivity (Wildman–Crippen MR) is 79.1 cm³/mol. The Balaban J connectivity index is 1.65. The van der Waals surface area contributed by atoms with Crippen LogP contribution in [0.15, 0.2) is 43.0 Å². The summed E-state index contributed by atoms with van der Waals surface area (Å²) in [5.41, 5.74) is 2.28. The lowest BCUT2D eigenvalue weighted by Crippen LogP contribution is -2.23. The van der Waals surface area contributed by atoms with Gasteiger partial charge in [0.15, 0.2) is 0 Å². The molecule has 0 aliphatic carbocycles. The van der Waals surface area contributed by atoms with E-state index in [0.29, 0.717) is 6.54 Å². The molecule has 1 aromatic heterocycles. The van der Waals surface area contributed by atoms with Crippen LogP contribution in [0.3, 0.4) is 0 Å². The van der Waals surface area contributed by atoms with Crippen molar-refractivity contribution in [3.8, 4) is 5.69 Å². The lowest BCUT2D eigenvalue weighted by Gasteiger charge is -2.15. The molecule has 0 bridgehead atoms. The van der Waals surface area contributed by atoms with Crippen LogP contribution in [0.25, 0.3) is 5.69 Å². The maximum atomic E-state index is 11.2. The van der Waals surface area contributed by atoms with E-state index in [2.05, 4.69) is 34.1 Å². The van der Waals surface area contributed by atoms with E-state index in [-0.39, 0.29) is 11.8 Å². The molecule has 5 nitrogen and oxygen atoms in total. The fourth-order valence-electron chi connectivity index (χ4n) is 2.96. The van der Waals surface area contributed by atoms with Crippen LogP contribution < -0.4 is 0 Å². The molecule has 1 saturated heterocycles. The van der Waals surface area contributed by atoms with E-state index in [1.807, 2.05) is 17.7 Å². The fraction of sp³-hybridized carbons (Fsp3) is 0.375. The predicted octanol–water partition coefficient (Wildman–Crippen LogP) is 2.02. The van der Waals surface area contributed by atoms with Crippen molar-refractivity contribution in [2.24, 2.45) is 11.8 Å². The third-order valence-corrected chi connectivity index (χ3v) is 4.15. The Morgan fingerprint density at radius 3 is 2.67 bits per heavy atom. The summed E-state index contributed by atoms with van der Waals surface area (Å²) in [4.78, 5) is 17.4. The normalized spacial score (nSPS) is 22.5. The number of hydrogen-bond donors (Lipinski definition) is 1. The minimum absolute atomic E-state index is 0.215. The number of carboxylic acids is 1. The van der Waals surface area contributed by atoms with Crippen molar-refractivity contribution >= 4 is 5.97 Å². The van der Waals surface area contributed by atoms with Gasteiger partial charge in [-0.3, -0.25) is 9.69 Å². The van der Waals surface area contributed by atoms with Gasteiger partial charge in [-0.25, -0.2) is 4.98 Å². The number of rotatable bonds is 4. The molecule has 2 heterocycles. The number of aromatic nitrogens is 2. The van der Waals surface area contributed by atoms with Gasteiger partial charge in [0, 0.05) is 37.7 Å². The van der Waals surface area contributed by atoms with Crippen LogP contribution >= 0.6 is 0 Å². The minimum Gasteiger partial charge on any atom is -0.481 e. The first kappa shape index (κ1) is 13.8. The van der Waals surface area contributed by atoms with Crippen LogP contribution in [-0.2, 0) is 11.3 Å². The molecule has 2 unspecified atom stereocenters. The molecular weight excluding hydrogens is 266 g/mol. The van der Waals surface area contributed by atoms with E-state index in [0.717, 1.165) is 18.8 Å². The van der Waals surface area contributed by atoms with Crippen LogP contribution in [-0.4, -0.2) is 38.6 Å². The Morgan fingerprint density at radius 2 is 2.10 bits per heavy atom. The Hall–Kier alpha value is -2.14. The molecule has 0 spiro atoms. The van der Waals surface area contributed by atoms with Gasteiger partial charge in [-0.15, -0.1) is 0 Å². The molecule has 1 aromatic carbocycles. The Kier molecular flexibility index (Phi) is 3.75. The number of imidazole rings is 1. The highest BCUT2D eigenvalue weighted by Crippen LogP contribution is 2.24. The van der Waals surface area contributed by atoms with E-state index >= 15 is 0 Å². The molecule has 0 radical (unpaired) electrons. The lowest BCUT2D eigenvalue weighted by molar-refractivity contribution is -0.142. The van der Waals surface area contributed by atoms with Crippen molar-refractivity contribution in [1.82, 2.24) is 14.5 Å². The van der Waals surface area contributed by atoms with Gasteiger partial charge in [-0.1, -0.05) is 19.1 Å². The van der Waals surface area contributed by atoms with Crippen molar-refractivity contribution in [2.45, 2.75) is 13.5 Å². The Bertz CT molecular complexity index is 607. The zero-order valence-electron chi connectivity index (χ0n) is 12.0. The van der Waals surface area contributed by atoms with Gasteiger partial charge in [0.05, 0.1) is 12.2 Å². The summed E-state index contributed by atoms with van der Waals surface area (Å²) in [5, 5.41) is 9.17. The zero-order chi connectivity index (χ0) is 14.8. The van der Waals surface area contributed by atoms with E-state index in [1.165, 1.54) is 5.56 Å². The third-order valence-electron chi connectivity index (χ3n) is 4.15. The molecule has 2 atom stereocenters. The first-order valence-electron chi connectivity index (χ1n) is 7.16. The SMILES string of the molecule is CC1CN(Cc2ccc(-n3ccnc3)cc2)CC1C(=O)O. The average Bonchev–Trinajstić information content (AvgIpc) is 3.09. The van der Waals surface area contributed by atoms with E-state index < -0.39 is 5.97 Å². The molecule has 1 fully saturated rings. The molecule has 1 aliphatic heterocycles. The van der Waals surface area contributed by atoms with Gasteiger partial charge in [-0.05, 0) is 23.6 Å². The maximum absolute atomic E-state index is 11.2. The highest BCUT2D eigenvalue weighted by Gasteiger charge is 2.34. The van der Waals surface area contributed by atoms with E-state index in [9.17, 15) is 9.90 Å². The van der Waals surface area contributed by atoms with Crippen molar-refractivity contribution in [3.63, 3.8) is 0 Å². The topological polar surface area (TPSA) is 58.4 Å². The number of carboxylic acid groups (broad SMARTS) is 1. The molecule has 1 aliphatic rings. The van der Waals surface area contributed by atoms with Crippen molar-refractivity contribution in [1.29, 1.82) is 0 Å². The molecule has 0 amide bonds. The second-order valence-corrected chi connectivity index (χ2v) is 5.75. The summed E-state index contributed by atoms with van der Waals surface area (Å²) in [7, 11) is 0. The summed E-state index contributed by atoms with van der Waals surface area (Å²) in [6.07, 6.45) is 5.44. The van der Waals surface area contributed by atoms with Gasteiger partial charge in [0.1, 0.15) is 0 Å². The summed E-state index contributed by atoms with van der Waals surface area (Å²) in [6.45, 7) is 4.30. The number of nitrogens with zero attached hydrogens (tertiary/aromatic N) is 3. The number of carbonyl (C=O) groups is 1. The number of benzene rings is 1. The molecular formula is C16H19N3O2. The number of hydrogen-bond acceptors (Lipinski definition) is 3. The van der Waals surface area contributed by atoms with E-state index in [1.54, 1.807) is 12.5 Å². The molecule has 1 N–H and O–H groups in total. The molecule has 3 rings (SSSR count). The highest BCUT2D eigenvalue weighted by molar-refractivity contribution is 5.71. The van der Waals surface area contributed by atoms with Crippen molar-refractivity contribution in [3.05, 3.63) is 48.5 Å². The smallest absolute Gasteiger partial charge is 0.308 e. The molecule has 110 valence electrons.